The number of carbonyl (C=O) groups is 2. The van der Waals surface area contributed by atoms with Crippen LogP contribution in [0.15, 0.2) is 0 Å². The van der Waals surface area contributed by atoms with Gasteiger partial charge in [-0.2, -0.15) is 0 Å². The van der Waals surface area contributed by atoms with E-state index in [9.17, 15) is 9.59 Å². The largest absolute Gasteiger partial charge is 0.466 e. The molecule has 0 bridgehead atoms. The molecule has 0 rings (SSSR count). The van der Waals surface area contributed by atoms with E-state index in [4.69, 9.17) is 20.9 Å². The minimum Gasteiger partial charge on any atom is -0.466 e. The highest BCUT2D eigenvalue weighted by atomic mass is 16.5. The highest BCUT2D eigenvalue weighted by Gasteiger charge is 2.02. The third-order valence-corrected chi connectivity index (χ3v) is 1.76. The van der Waals surface area contributed by atoms with Gasteiger partial charge < -0.3 is 20.9 Å². The number of unbranched alkanes of at least 4 members (excludes halogenated alkanes) is 1. The molecule has 6 nitrogen and oxygen atoms in total. The molecular weight excluding hydrogens is 212 g/mol. The molecule has 0 heterocycles. The monoisotopic (exact) mass is 232 g/mol. The van der Waals surface area contributed by atoms with Crippen LogP contribution in [0.4, 0.5) is 0 Å². The van der Waals surface area contributed by atoms with Gasteiger partial charge in [-0.1, -0.05) is 0 Å². The van der Waals surface area contributed by atoms with E-state index in [1.54, 1.807) is 0 Å². The molecule has 0 aliphatic rings. The Morgan fingerprint density at radius 2 is 1.19 bits per heavy atom. The first-order valence-electron chi connectivity index (χ1n) is 5.42. The van der Waals surface area contributed by atoms with Crippen molar-refractivity contribution in [3.8, 4) is 0 Å². The molecule has 4 N–H and O–H groups in total. The summed E-state index contributed by atoms with van der Waals surface area (Å²) in [6, 6.07) is 0. The first-order chi connectivity index (χ1) is 7.70. The maximum absolute atomic E-state index is 10.9. The zero-order valence-corrected chi connectivity index (χ0v) is 9.44. The van der Waals surface area contributed by atoms with Gasteiger partial charge in [-0.3, -0.25) is 9.59 Å². The second-order valence-electron chi connectivity index (χ2n) is 3.23. The lowest BCUT2D eigenvalue weighted by atomic mass is 10.3. The van der Waals surface area contributed by atoms with Crippen molar-refractivity contribution in [1.29, 1.82) is 0 Å². The van der Waals surface area contributed by atoms with E-state index in [0.29, 0.717) is 39.1 Å². The van der Waals surface area contributed by atoms with Crippen LogP contribution in [0.3, 0.4) is 0 Å². The molecule has 0 aliphatic heterocycles. The van der Waals surface area contributed by atoms with Gasteiger partial charge >= 0.3 is 11.9 Å². The van der Waals surface area contributed by atoms with E-state index in [1.807, 2.05) is 0 Å². The number of carbonyl (C=O) groups excluding carboxylic acids is 2. The first kappa shape index (κ1) is 14.9. The standard InChI is InChI=1S/C10H20N2O4/c11-5-3-9(13)15-7-1-2-8-16-10(14)4-6-12/h1-8,11-12H2. The molecule has 0 aromatic rings. The summed E-state index contributed by atoms with van der Waals surface area (Å²) >= 11 is 0. The van der Waals surface area contributed by atoms with Gasteiger partial charge in [0.25, 0.3) is 0 Å². The van der Waals surface area contributed by atoms with Crippen molar-refractivity contribution in [2.45, 2.75) is 25.7 Å². The lowest BCUT2D eigenvalue weighted by Crippen LogP contribution is -2.13. The van der Waals surface area contributed by atoms with Gasteiger partial charge in [0.15, 0.2) is 0 Å². The highest BCUT2D eigenvalue weighted by Crippen LogP contribution is 1.94. The number of hydrogen-bond donors (Lipinski definition) is 2. The van der Waals surface area contributed by atoms with Gasteiger partial charge in [0, 0.05) is 13.1 Å². The topological polar surface area (TPSA) is 105 Å². The van der Waals surface area contributed by atoms with Gasteiger partial charge in [-0.05, 0) is 12.8 Å². The molecule has 0 aromatic carbocycles. The lowest BCUT2D eigenvalue weighted by Gasteiger charge is -2.05. The third-order valence-electron chi connectivity index (χ3n) is 1.76. The van der Waals surface area contributed by atoms with Crippen LogP contribution in [0, 0.1) is 0 Å². The first-order valence-corrected chi connectivity index (χ1v) is 5.42. The van der Waals surface area contributed by atoms with Gasteiger partial charge in [0.1, 0.15) is 0 Å². The van der Waals surface area contributed by atoms with Crippen LogP contribution in [0.5, 0.6) is 0 Å². The summed E-state index contributed by atoms with van der Waals surface area (Å²) in [5.41, 5.74) is 10.3. The predicted octanol–water partition coefficient (Wildman–Crippen LogP) is -0.449. The van der Waals surface area contributed by atoms with Crippen molar-refractivity contribution in [1.82, 2.24) is 0 Å². The van der Waals surface area contributed by atoms with Gasteiger partial charge in [0.2, 0.25) is 0 Å². The summed E-state index contributed by atoms with van der Waals surface area (Å²) in [7, 11) is 0. The summed E-state index contributed by atoms with van der Waals surface area (Å²) in [5, 5.41) is 0. The van der Waals surface area contributed by atoms with E-state index in [-0.39, 0.29) is 24.8 Å². The van der Waals surface area contributed by atoms with Crippen molar-refractivity contribution in [2.75, 3.05) is 26.3 Å². The summed E-state index contributed by atoms with van der Waals surface area (Å²) in [6.07, 6.45) is 1.83. The molecule has 0 fully saturated rings. The summed E-state index contributed by atoms with van der Waals surface area (Å²) < 4.78 is 9.72. The quantitative estimate of drug-likeness (QED) is 0.412. The molecule has 0 radical (unpaired) electrons. The molecule has 94 valence electrons. The normalized spacial score (nSPS) is 9.88. The Balaban J connectivity index is 3.21. The van der Waals surface area contributed by atoms with Crippen LogP contribution in [0.25, 0.3) is 0 Å². The molecule has 0 spiro atoms. The van der Waals surface area contributed by atoms with Crippen LogP contribution in [-0.2, 0) is 19.1 Å². The molecule has 0 atom stereocenters. The van der Waals surface area contributed by atoms with E-state index < -0.39 is 0 Å². The van der Waals surface area contributed by atoms with Crippen LogP contribution < -0.4 is 11.5 Å². The van der Waals surface area contributed by atoms with Gasteiger partial charge in [-0.15, -0.1) is 0 Å². The second-order valence-corrected chi connectivity index (χ2v) is 3.23. The second kappa shape index (κ2) is 10.4. The molecule has 0 amide bonds. The zero-order chi connectivity index (χ0) is 12.2. The van der Waals surface area contributed by atoms with E-state index >= 15 is 0 Å². The Hall–Kier alpha value is -1.14. The molecule has 0 saturated carbocycles. The molecule has 0 saturated heterocycles. The molecule has 16 heavy (non-hydrogen) atoms. The summed E-state index contributed by atoms with van der Waals surface area (Å²) in [5.74, 6) is -0.578. The fourth-order valence-electron chi connectivity index (χ4n) is 0.956. The number of esters is 2. The molecule has 0 aromatic heterocycles. The number of rotatable bonds is 9. The van der Waals surface area contributed by atoms with E-state index in [2.05, 4.69) is 0 Å². The van der Waals surface area contributed by atoms with Crippen molar-refractivity contribution in [2.24, 2.45) is 11.5 Å². The van der Waals surface area contributed by atoms with Crippen LogP contribution >= 0.6 is 0 Å². The zero-order valence-electron chi connectivity index (χ0n) is 9.44. The van der Waals surface area contributed by atoms with Crippen molar-refractivity contribution in [3.05, 3.63) is 0 Å². The van der Waals surface area contributed by atoms with Crippen molar-refractivity contribution in [3.63, 3.8) is 0 Å². The lowest BCUT2D eigenvalue weighted by molar-refractivity contribution is -0.146. The highest BCUT2D eigenvalue weighted by molar-refractivity contribution is 5.69. The molecular formula is C10H20N2O4. The Labute approximate surface area is 95.3 Å². The van der Waals surface area contributed by atoms with E-state index in [0.717, 1.165) is 0 Å². The summed E-state index contributed by atoms with van der Waals surface area (Å²) in [4.78, 5) is 21.7. The van der Waals surface area contributed by atoms with Crippen molar-refractivity contribution < 1.29 is 19.1 Å². The third kappa shape index (κ3) is 9.42. The molecule has 0 unspecified atom stereocenters. The van der Waals surface area contributed by atoms with Crippen LogP contribution in [0.2, 0.25) is 0 Å². The SMILES string of the molecule is NCCC(=O)OCCCCOC(=O)CCN. The van der Waals surface area contributed by atoms with Crippen molar-refractivity contribution >= 4 is 11.9 Å². The maximum atomic E-state index is 10.9. The van der Waals surface area contributed by atoms with E-state index in [1.165, 1.54) is 0 Å². The molecule has 0 aliphatic carbocycles. The Kier molecular flexibility index (Phi) is 9.64. The smallest absolute Gasteiger partial charge is 0.307 e. The Bertz CT molecular complexity index is 187. The number of nitrogens with two attached hydrogens (primary N) is 2. The minimum absolute atomic E-state index is 0.242. The van der Waals surface area contributed by atoms with Gasteiger partial charge in [-0.25, -0.2) is 0 Å². The number of hydrogen-bond acceptors (Lipinski definition) is 6. The summed E-state index contributed by atoms with van der Waals surface area (Å²) in [6.45, 7) is 1.28. The fraction of sp³-hybridized carbons (Fsp3) is 0.800. The minimum atomic E-state index is -0.289. The van der Waals surface area contributed by atoms with Crippen LogP contribution in [-0.4, -0.2) is 38.2 Å². The Morgan fingerprint density at radius 1 is 0.812 bits per heavy atom. The maximum Gasteiger partial charge on any atom is 0.307 e. The average molecular weight is 232 g/mol. The predicted molar refractivity (Wildman–Crippen MR) is 58.5 cm³/mol. The fourth-order valence-corrected chi connectivity index (χ4v) is 0.956. The van der Waals surface area contributed by atoms with Crippen LogP contribution in [0.1, 0.15) is 25.7 Å². The Morgan fingerprint density at radius 3 is 1.50 bits per heavy atom. The van der Waals surface area contributed by atoms with Gasteiger partial charge in [0.05, 0.1) is 26.1 Å². The average Bonchev–Trinajstić information content (AvgIpc) is 2.24. The molecule has 6 heteroatoms. The number of ether oxygens (including phenoxy) is 2.